The highest BCUT2D eigenvalue weighted by molar-refractivity contribution is 5.85. The van der Waals surface area contributed by atoms with Gasteiger partial charge < -0.3 is 9.88 Å². The number of aromatic amines is 1. The maximum absolute atomic E-state index is 3.88. The number of aryl methyl sites for hydroxylation is 1. The zero-order chi connectivity index (χ0) is 15.4. The van der Waals surface area contributed by atoms with Crippen LogP contribution in [0.25, 0.3) is 16.6 Å². The van der Waals surface area contributed by atoms with Crippen LogP contribution in [0, 0.1) is 0 Å². The van der Waals surface area contributed by atoms with Crippen LogP contribution in [0.5, 0.6) is 0 Å². The van der Waals surface area contributed by atoms with Crippen molar-refractivity contribution in [2.75, 3.05) is 19.6 Å². The molecular weight excluding hydrogens is 274 g/mol. The van der Waals surface area contributed by atoms with Crippen molar-refractivity contribution < 1.29 is 0 Å². The monoisotopic (exact) mass is 297 g/mol. The minimum absolute atomic E-state index is 1.10. The van der Waals surface area contributed by atoms with Gasteiger partial charge >= 0.3 is 0 Å². The molecule has 0 radical (unpaired) electrons. The van der Waals surface area contributed by atoms with E-state index in [9.17, 15) is 0 Å². The Bertz CT molecular complexity index is 710. The Balaban J connectivity index is 1.77. The molecule has 0 bridgehead atoms. The average Bonchev–Trinajstić information content (AvgIpc) is 3.21. The number of aromatic nitrogens is 4. The van der Waals surface area contributed by atoms with Gasteiger partial charge in [-0.15, -0.1) is 10.2 Å². The topological polar surface area (TPSA) is 49.7 Å². The first-order chi connectivity index (χ1) is 10.8. The highest BCUT2D eigenvalue weighted by Gasteiger charge is 2.07. The molecule has 1 aromatic carbocycles. The van der Waals surface area contributed by atoms with Crippen molar-refractivity contribution in [1.82, 2.24) is 24.6 Å². The standard InChI is InChI=1S/C17H23N5/c1-3-21(4-2)9-5-6-14-11-18-17-8-7-15(10-16(14)17)22-12-19-20-13-22/h7-8,10-13,18H,3-6,9H2,1-2H3. The fourth-order valence-electron chi connectivity index (χ4n) is 2.90. The van der Waals surface area contributed by atoms with Crippen molar-refractivity contribution in [2.45, 2.75) is 26.7 Å². The second kappa shape index (κ2) is 6.75. The lowest BCUT2D eigenvalue weighted by Crippen LogP contribution is -2.24. The summed E-state index contributed by atoms with van der Waals surface area (Å²) in [5.41, 5.74) is 3.67. The first-order valence-corrected chi connectivity index (χ1v) is 7.99. The maximum Gasteiger partial charge on any atom is 0.123 e. The molecule has 0 unspecified atom stereocenters. The van der Waals surface area contributed by atoms with Gasteiger partial charge in [0.25, 0.3) is 0 Å². The lowest BCUT2D eigenvalue weighted by molar-refractivity contribution is 0.300. The molecule has 116 valence electrons. The molecule has 3 aromatic rings. The van der Waals surface area contributed by atoms with E-state index in [2.05, 4.69) is 58.3 Å². The molecule has 0 aliphatic carbocycles. The Hall–Kier alpha value is -2.14. The third-order valence-corrected chi connectivity index (χ3v) is 4.28. The Kier molecular flexibility index (Phi) is 4.53. The van der Waals surface area contributed by atoms with Crippen molar-refractivity contribution in [3.8, 4) is 5.69 Å². The number of hydrogen-bond donors (Lipinski definition) is 1. The normalized spacial score (nSPS) is 11.6. The van der Waals surface area contributed by atoms with Gasteiger partial charge in [-0.25, -0.2) is 0 Å². The Labute approximate surface area is 131 Å². The number of nitrogens with zero attached hydrogens (tertiary/aromatic N) is 4. The van der Waals surface area contributed by atoms with E-state index in [0.717, 1.165) is 31.7 Å². The van der Waals surface area contributed by atoms with Gasteiger partial charge in [-0.05, 0) is 56.2 Å². The molecule has 0 fully saturated rings. The third-order valence-electron chi connectivity index (χ3n) is 4.28. The Morgan fingerprint density at radius 3 is 2.64 bits per heavy atom. The molecule has 22 heavy (non-hydrogen) atoms. The minimum atomic E-state index is 1.10. The van der Waals surface area contributed by atoms with Crippen LogP contribution in [0.2, 0.25) is 0 Å². The largest absolute Gasteiger partial charge is 0.361 e. The van der Waals surface area contributed by atoms with Crippen LogP contribution in [0.1, 0.15) is 25.8 Å². The summed E-state index contributed by atoms with van der Waals surface area (Å²) in [6, 6.07) is 6.42. The van der Waals surface area contributed by atoms with E-state index in [4.69, 9.17) is 0 Å². The zero-order valence-corrected chi connectivity index (χ0v) is 13.3. The van der Waals surface area contributed by atoms with Crippen LogP contribution in [-0.2, 0) is 6.42 Å². The van der Waals surface area contributed by atoms with Gasteiger partial charge in [0.2, 0.25) is 0 Å². The molecule has 0 aliphatic rings. The van der Waals surface area contributed by atoms with Crippen LogP contribution >= 0.6 is 0 Å². The van der Waals surface area contributed by atoms with Gasteiger partial charge in [0, 0.05) is 22.8 Å². The van der Waals surface area contributed by atoms with Crippen LogP contribution in [0.4, 0.5) is 0 Å². The summed E-state index contributed by atoms with van der Waals surface area (Å²) in [4.78, 5) is 5.84. The van der Waals surface area contributed by atoms with Crippen molar-refractivity contribution >= 4 is 10.9 Å². The van der Waals surface area contributed by atoms with E-state index in [-0.39, 0.29) is 0 Å². The third kappa shape index (κ3) is 3.04. The van der Waals surface area contributed by atoms with Crippen molar-refractivity contribution in [3.05, 3.63) is 42.6 Å². The first kappa shape index (κ1) is 14.8. The number of nitrogens with one attached hydrogen (secondary N) is 1. The first-order valence-electron chi connectivity index (χ1n) is 7.99. The molecule has 0 amide bonds. The fraction of sp³-hybridized carbons (Fsp3) is 0.412. The van der Waals surface area contributed by atoms with Crippen LogP contribution in [0.3, 0.4) is 0 Å². The van der Waals surface area contributed by atoms with Crippen LogP contribution in [0.15, 0.2) is 37.1 Å². The fourth-order valence-corrected chi connectivity index (χ4v) is 2.90. The van der Waals surface area contributed by atoms with Gasteiger partial charge in [-0.1, -0.05) is 13.8 Å². The highest BCUT2D eigenvalue weighted by Crippen LogP contribution is 2.22. The molecule has 0 atom stereocenters. The number of fused-ring (bicyclic) bond motifs is 1. The summed E-state index contributed by atoms with van der Waals surface area (Å²) >= 11 is 0. The van der Waals surface area contributed by atoms with E-state index in [1.54, 1.807) is 12.7 Å². The molecule has 5 nitrogen and oxygen atoms in total. The number of benzene rings is 1. The number of H-pyrrole nitrogens is 1. The number of rotatable bonds is 7. The number of hydrogen-bond acceptors (Lipinski definition) is 3. The summed E-state index contributed by atoms with van der Waals surface area (Å²) in [6.45, 7) is 7.86. The quantitative estimate of drug-likeness (QED) is 0.729. The molecule has 0 aliphatic heterocycles. The molecule has 0 saturated carbocycles. The molecule has 2 aromatic heterocycles. The lowest BCUT2D eigenvalue weighted by Gasteiger charge is -2.17. The summed E-state index contributed by atoms with van der Waals surface area (Å²) in [7, 11) is 0. The highest BCUT2D eigenvalue weighted by atomic mass is 15.2. The van der Waals surface area contributed by atoms with E-state index in [1.807, 2.05) is 4.57 Å². The molecular formula is C17H23N5. The SMILES string of the molecule is CCN(CC)CCCc1c[nH]c2ccc(-n3cnnc3)cc12. The molecule has 0 saturated heterocycles. The van der Waals surface area contributed by atoms with E-state index >= 15 is 0 Å². The summed E-state index contributed by atoms with van der Waals surface area (Å²) < 4.78 is 1.94. The smallest absolute Gasteiger partial charge is 0.123 e. The molecule has 2 heterocycles. The molecule has 3 rings (SSSR count). The second-order valence-corrected chi connectivity index (χ2v) is 5.54. The lowest BCUT2D eigenvalue weighted by atomic mass is 10.1. The molecule has 1 N–H and O–H groups in total. The predicted molar refractivity (Wildman–Crippen MR) is 89.3 cm³/mol. The van der Waals surface area contributed by atoms with Crippen molar-refractivity contribution in [1.29, 1.82) is 0 Å². The summed E-state index contributed by atoms with van der Waals surface area (Å²) in [5, 5.41) is 9.05. The van der Waals surface area contributed by atoms with Crippen LogP contribution in [-0.4, -0.2) is 44.3 Å². The Morgan fingerprint density at radius 2 is 1.91 bits per heavy atom. The van der Waals surface area contributed by atoms with E-state index < -0.39 is 0 Å². The second-order valence-electron chi connectivity index (χ2n) is 5.54. The summed E-state index contributed by atoms with van der Waals surface area (Å²) in [6.07, 6.45) is 7.89. The maximum atomic E-state index is 3.88. The van der Waals surface area contributed by atoms with Gasteiger partial charge in [0.15, 0.2) is 0 Å². The zero-order valence-electron chi connectivity index (χ0n) is 13.3. The molecule has 5 heteroatoms. The summed E-state index contributed by atoms with van der Waals surface area (Å²) in [5.74, 6) is 0. The Morgan fingerprint density at radius 1 is 1.14 bits per heavy atom. The van der Waals surface area contributed by atoms with Crippen molar-refractivity contribution in [3.63, 3.8) is 0 Å². The van der Waals surface area contributed by atoms with Crippen molar-refractivity contribution in [2.24, 2.45) is 0 Å². The molecule has 0 spiro atoms. The van der Waals surface area contributed by atoms with Gasteiger partial charge in [0.05, 0.1) is 0 Å². The minimum Gasteiger partial charge on any atom is -0.361 e. The van der Waals surface area contributed by atoms with Crippen LogP contribution < -0.4 is 0 Å². The van der Waals surface area contributed by atoms with Gasteiger partial charge in [-0.2, -0.15) is 0 Å². The van der Waals surface area contributed by atoms with Gasteiger partial charge in [-0.3, -0.25) is 4.57 Å². The van der Waals surface area contributed by atoms with Gasteiger partial charge in [0.1, 0.15) is 12.7 Å². The van der Waals surface area contributed by atoms with E-state index in [1.165, 1.54) is 22.9 Å². The predicted octanol–water partition coefficient (Wildman–Crippen LogP) is 3.02. The van der Waals surface area contributed by atoms with E-state index in [0.29, 0.717) is 0 Å². The average molecular weight is 297 g/mol.